The number of carbonyl (C=O) groups is 1. The molecule has 0 spiro atoms. The SMILES string of the molecule is CC1(C)OC[C@H](c2ccc(-n3ncnc3C(F)F)c(F)c2)N1C(=O)[O-]. The smallest absolute Gasteiger partial charge is 0.297 e. The number of aromatic nitrogens is 3. The summed E-state index contributed by atoms with van der Waals surface area (Å²) in [5.74, 6) is -1.53. The number of alkyl halides is 2. The molecule has 0 aliphatic carbocycles. The summed E-state index contributed by atoms with van der Waals surface area (Å²) >= 11 is 0. The summed E-state index contributed by atoms with van der Waals surface area (Å²) < 4.78 is 46.4. The molecule has 1 atom stereocenters. The minimum atomic E-state index is -2.92. The van der Waals surface area contributed by atoms with Gasteiger partial charge in [0.05, 0.1) is 12.6 Å². The Labute approximate surface area is 140 Å². The molecule has 1 aliphatic rings. The van der Waals surface area contributed by atoms with Gasteiger partial charge in [-0.05, 0) is 31.5 Å². The standard InChI is InChI=1S/C15H15F3N4O3/c1-15(2)21(14(23)24)11(6-25-15)8-3-4-10(9(16)5-8)22-13(12(17)18)19-7-20-22/h3-5,7,11-12H,6H2,1-2H3,(H,23,24)/p-1/t11-/m1/s1. The van der Waals surface area contributed by atoms with Crippen molar-refractivity contribution in [2.75, 3.05) is 6.61 Å². The second kappa shape index (κ2) is 6.03. The Balaban J connectivity index is 1.98. The molecule has 25 heavy (non-hydrogen) atoms. The van der Waals surface area contributed by atoms with Gasteiger partial charge in [0.25, 0.3) is 6.43 Å². The van der Waals surface area contributed by atoms with Gasteiger partial charge in [0.1, 0.15) is 29.7 Å². The van der Waals surface area contributed by atoms with Crippen molar-refractivity contribution in [1.29, 1.82) is 0 Å². The minimum absolute atomic E-state index is 0.0192. The fourth-order valence-corrected chi connectivity index (χ4v) is 2.88. The third-order valence-corrected chi connectivity index (χ3v) is 4.04. The van der Waals surface area contributed by atoms with E-state index in [4.69, 9.17) is 4.74 Å². The lowest BCUT2D eigenvalue weighted by molar-refractivity contribution is -0.276. The van der Waals surface area contributed by atoms with Gasteiger partial charge in [-0.1, -0.05) is 6.07 Å². The Bertz CT molecular complexity index is 809. The van der Waals surface area contributed by atoms with Gasteiger partial charge in [-0.2, -0.15) is 5.10 Å². The van der Waals surface area contributed by atoms with Crippen molar-refractivity contribution in [3.8, 4) is 5.69 Å². The van der Waals surface area contributed by atoms with E-state index < -0.39 is 35.9 Å². The summed E-state index contributed by atoms with van der Waals surface area (Å²) in [6.45, 7) is 3.13. The molecule has 2 aromatic rings. The molecule has 1 saturated heterocycles. The Hall–Kier alpha value is -2.62. The maximum atomic E-state index is 14.5. The van der Waals surface area contributed by atoms with Crippen molar-refractivity contribution >= 4 is 6.09 Å². The first kappa shape index (κ1) is 17.2. The van der Waals surface area contributed by atoms with Crippen LogP contribution in [0.4, 0.5) is 18.0 Å². The number of benzene rings is 1. The molecule has 1 aliphatic heterocycles. The molecule has 0 saturated carbocycles. The van der Waals surface area contributed by atoms with Crippen LogP contribution >= 0.6 is 0 Å². The number of hydrogen-bond donors (Lipinski definition) is 0. The van der Waals surface area contributed by atoms with Crippen LogP contribution in [0.2, 0.25) is 0 Å². The number of halogens is 3. The first-order chi connectivity index (χ1) is 11.7. The number of ether oxygens (including phenoxy) is 1. The summed E-state index contributed by atoms with van der Waals surface area (Å²) in [4.78, 5) is 15.8. The topological polar surface area (TPSA) is 83.3 Å². The fourth-order valence-electron chi connectivity index (χ4n) is 2.88. The van der Waals surface area contributed by atoms with Crippen LogP contribution in [-0.4, -0.2) is 38.1 Å². The zero-order valence-electron chi connectivity index (χ0n) is 13.3. The minimum Gasteiger partial charge on any atom is -0.530 e. The molecule has 134 valence electrons. The maximum Gasteiger partial charge on any atom is 0.297 e. The first-order valence-corrected chi connectivity index (χ1v) is 7.34. The van der Waals surface area contributed by atoms with Gasteiger partial charge in [-0.25, -0.2) is 22.8 Å². The normalized spacial score (nSPS) is 19.6. The summed E-state index contributed by atoms with van der Waals surface area (Å²) in [6.07, 6.45) is -3.47. The van der Waals surface area contributed by atoms with Gasteiger partial charge >= 0.3 is 0 Å². The average molecular weight is 355 g/mol. The van der Waals surface area contributed by atoms with E-state index in [2.05, 4.69) is 10.1 Å². The van der Waals surface area contributed by atoms with Crippen LogP contribution in [0.15, 0.2) is 24.5 Å². The number of nitrogens with zero attached hydrogens (tertiary/aromatic N) is 4. The van der Waals surface area contributed by atoms with Crippen molar-refractivity contribution < 1.29 is 27.8 Å². The van der Waals surface area contributed by atoms with Gasteiger partial charge in [-0.15, -0.1) is 0 Å². The zero-order valence-corrected chi connectivity index (χ0v) is 13.3. The molecular formula is C15H14F3N4O3-. The Morgan fingerprint density at radius 2 is 2.16 bits per heavy atom. The molecule has 1 fully saturated rings. The van der Waals surface area contributed by atoms with Gasteiger partial charge in [0.15, 0.2) is 5.82 Å². The van der Waals surface area contributed by atoms with Crippen LogP contribution < -0.4 is 5.11 Å². The number of carboxylic acid groups (broad SMARTS) is 1. The predicted molar refractivity (Wildman–Crippen MR) is 76.3 cm³/mol. The van der Waals surface area contributed by atoms with Gasteiger partial charge in [-0.3, -0.25) is 0 Å². The molecule has 7 nitrogen and oxygen atoms in total. The predicted octanol–water partition coefficient (Wildman–Crippen LogP) is 1.80. The molecule has 2 heterocycles. The molecular weight excluding hydrogens is 341 g/mol. The Morgan fingerprint density at radius 3 is 2.76 bits per heavy atom. The van der Waals surface area contributed by atoms with Gasteiger partial charge < -0.3 is 19.5 Å². The number of hydrogen-bond acceptors (Lipinski definition) is 5. The molecule has 0 bridgehead atoms. The Morgan fingerprint density at radius 1 is 1.44 bits per heavy atom. The third-order valence-electron chi connectivity index (χ3n) is 4.04. The number of rotatable bonds is 3. The van der Waals surface area contributed by atoms with E-state index in [-0.39, 0.29) is 12.3 Å². The van der Waals surface area contributed by atoms with Crippen LogP contribution in [0, 0.1) is 5.82 Å². The van der Waals surface area contributed by atoms with Crippen LogP contribution in [0.3, 0.4) is 0 Å². The molecule has 10 heteroatoms. The third kappa shape index (κ3) is 2.93. The lowest BCUT2D eigenvalue weighted by Crippen LogP contribution is -2.50. The molecule has 0 unspecified atom stereocenters. The highest BCUT2D eigenvalue weighted by atomic mass is 19.3. The van der Waals surface area contributed by atoms with Crippen molar-refractivity contribution in [1.82, 2.24) is 19.7 Å². The molecule has 1 aromatic heterocycles. The largest absolute Gasteiger partial charge is 0.530 e. The molecule has 1 amide bonds. The van der Waals surface area contributed by atoms with E-state index in [9.17, 15) is 23.1 Å². The quantitative estimate of drug-likeness (QED) is 0.838. The highest BCUT2D eigenvalue weighted by molar-refractivity contribution is 5.65. The average Bonchev–Trinajstić information content (AvgIpc) is 3.11. The van der Waals surface area contributed by atoms with Crippen LogP contribution in [0.25, 0.3) is 5.69 Å². The van der Waals surface area contributed by atoms with Crippen molar-refractivity contribution in [2.45, 2.75) is 32.0 Å². The summed E-state index contributed by atoms with van der Waals surface area (Å²) in [5.41, 5.74) is -1.02. The monoisotopic (exact) mass is 355 g/mol. The maximum absolute atomic E-state index is 14.5. The van der Waals surface area contributed by atoms with E-state index in [1.807, 2.05) is 0 Å². The first-order valence-electron chi connectivity index (χ1n) is 7.34. The summed E-state index contributed by atoms with van der Waals surface area (Å²) in [6, 6.07) is 2.97. The van der Waals surface area contributed by atoms with Gasteiger partial charge in [0.2, 0.25) is 0 Å². The summed E-state index contributed by atoms with van der Waals surface area (Å²) in [5, 5.41) is 15.0. The summed E-state index contributed by atoms with van der Waals surface area (Å²) in [7, 11) is 0. The highest BCUT2D eigenvalue weighted by Crippen LogP contribution is 2.37. The van der Waals surface area contributed by atoms with Crippen LogP contribution in [0.1, 0.15) is 37.7 Å². The van der Waals surface area contributed by atoms with Crippen LogP contribution in [-0.2, 0) is 4.74 Å². The zero-order chi connectivity index (χ0) is 18.4. The molecule has 3 rings (SSSR count). The van der Waals surface area contributed by atoms with Gasteiger partial charge in [0, 0.05) is 0 Å². The second-order valence-electron chi connectivity index (χ2n) is 5.95. The molecule has 1 aromatic carbocycles. The molecule has 0 N–H and O–H groups in total. The van der Waals surface area contributed by atoms with E-state index in [1.54, 1.807) is 13.8 Å². The second-order valence-corrected chi connectivity index (χ2v) is 5.95. The number of carbonyl (C=O) groups excluding carboxylic acids is 1. The lowest BCUT2D eigenvalue weighted by atomic mass is 10.0. The van der Waals surface area contributed by atoms with Crippen molar-refractivity contribution in [2.24, 2.45) is 0 Å². The van der Waals surface area contributed by atoms with E-state index in [0.29, 0.717) is 10.2 Å². The fraction of sp³-hybridized carbons (Fsp3) is 0.400. The van der Waals surface area contributed by atoms with E-state index in [1.165, 1.54) is 12.1 Å². The van der Waals surface area contributed by atoms with E-state index >= 15 is 0 Å². The highest BCUT2D eigenvalue weighted by Gasteiger charge is 2.41. The van der Waals surface area contributed by atoms with Crippen molar-refractivity contribution in [3.05, 3.63) is 41.7 Å². The van der Waals surface area contributed by atoms with Crippen LogP contribution in [0.5, 0.6) is 0 Å². The van der Waals surface area contributed by atoms with Crippen molar-refractivity contribution in [3.63, 3.8) is 0 Å². The van der Waals surface area contributed by atoms with E-state index in [0.717, 1.165) is 17.3 Å². The Kier molecular flexibility index (Phi) is 4.15. The number of amides is 1. The lowest BCUT2D eigenvalue weighted by Gasteiger charge is -2.36. The molecule has 0 radical (unpaired) electrons.